The number of nitrogens with zero attached hydrogens (tertiary/aromatic N) is 2. The SMILES string of the molecule is NCC(NC(=O)c1cc(-c2nc(N)ncc2Cl)c[nH]1)c1cccc(F)c1. The van der Waals surface area contributed by atoms with Gasteiger partial charge in [-0.2, -0.15) is 0 Å². The van der Waals surface area contributed by atoms with E-state index >= 15 is 0 Å². The monoisotopic (exact) mass is 374 g/mol. The van der Waals surface area contributed by atoms with Crippen molar-refractivity contribution in [2.24, 2.45) is 5.73 Å². The van der Waals surface area contributed by atoms with Crippen LogP contribution in [0.15, 0.2) is 42.7 Å². The van der Waals surface area contributed by atoms with E-state index in [0.29, 0.717) is 21.8 Å². The Balaban J connectivity index is 1.80. The molecule has 0 bridgehead atoms. The lowest BCUT2D eigenvalue weighted by molar-refractivity contribution is 0.0933. The topological polar surface area (TPSA) is 123 Å². The number of halogens is 2. The first-order valence-electron chi connectivity index (χ1n) is 7.71. The zero-order chi connectivity index (χ0) is 18.7. The lowest BCUT2D eigenvalue weighted by Crippen LogP contribution is -2.33. The van der Waals surface area contributed by atoms with Crippen LogP contribution < -0.4 is 16.8 Å². The summed E-state index contributed by atoms with van der Waals surface area (Å²) >= 11 is 6.07. The van der Waals surface area contributed by atoms with Crippen LogP contribution in [0.2, 0.25) is 5.02 Å². The highest BCUT2D eigenvalue weighted by atomic mass is 35.5. The summed E-state index contributed by atoms with van der Waals surface area (Å²) in [6.45, 7) is 0.122. The molecule has 9 heteroatoms. The van der Waals surface area contributed by atoms with Crippen molar-refractivity contribution in [2.75, 3.05) is 12.3 Å². The van der Waals surface area contributed by atoms with Crippen molar-refractivity contribution in [3.05, 3.63) is 64.8 Å². The van der Waals surface area contributed by atoms with Crippen molar-refractivity contribution in [3.8, 4) is 11.3 Å². The Morgan fingerprint density at radius 3 is 2.92 bits per heavy atom. The summed E-state index contributed by atoms with van der Waals surface area (Å²) in [5.74, 6) is -0.714. The number of hydrogen-bond acceptors (Lipinski definition) is 5. The molecule has 0 fully saturated rings. The van der Waals surface area contributed by atoms with Crippen LogP contribution in [0.1, 0.15) is 22.1 Å². The molecule has 0 aliphatic carbocycles. The third-order valence-corrected chi connectivity index (χ3v) is 4.03. The molecule has 1 unspecified atom stereocenters. The van der Waals surface area contributed by atoms with Crippen LogP contribution >= 0.6 is 11.6 Å². The third kappa shape index (κ3) is 3.81. The zero-order valence-electron chi connectivity index (χ0n) is 13.5. The highest BCUT2D eigenvalue weighted by Gasteiger charge is 2.17. The normalized spacial score (nSPS) is 12.0. The van der Waals surface area contributed by atoms with Gasteiger partial charge in [0.1, 0.15) is 11.5 Å². The number of nitrogens with two attached hydrogens (primary N) is 2. The van der Waals surface area contributed by atoms with Gasteiger partial charge in [0, 0.05) is 18.3 Å². The maximum Gasteiger partial charge on any atom is 0.268 e. The fraction of sp³-hybridized carbons (Fsp3) is 0.118. The number of carbonyl (C=O) groups excluding carboxylic acids is 1. The van der Waals surface area contributed by atoms with E-state index in [1.807, 2.05) is 0 Å². The summed E-state index contributed by atoms with van der Waals surface area (Å²) in [5.41, 5.74) is 13.2. The smallest absolute Gasteiger partial charge is 0.268 e. The van der Waals surface area contributed by atoms with Crippen LogP contribution in [0.4, 0.5) is 10.3 Å². The van der Waals surface area contributed by atoms with Crippen LogP contribution in [-0.4, -0.2) is 27.4 Å². The second-order valence-electron chi connectivity index (χ2n) is 5.54. The summed E-state index contributed by atoms with van der Waals surface area (Å²) in [6, 6.07) is 6.98. The number of aromatic amines is 1. The van der Waals surface area contributed by atoms with Gasteiger partial charge >= 0.3 is 0 Å². The van der Waals surface area contributed by atoms with Gasteiger partial charge in [-0.05, 0) is 23.8 Å². The minimum atomic E-state index is -0.525. The van der Waals surface area contributed by atoms with Gasteiger partial charge in [-0.25, -0.2) is 14.4 Å². The first-order valence-corrected chi connectivity index (χ1v) is 8.09. The number of carbonyl (C=O) groups is 1. The molecule has 0 saturated heterocycles. The predicted octanol–water partition coefficient (Wildman–Crippen LogP) is 2.28. The molecular weight excluding hydrogens is 359 g/mol. The van der Waals surface area contributed by atoms with E-state index in [2.05, 4.69) is 20.3 Å². The van der Waals surface area contributed by atoms with Gasteiger partial charge in [-0.3, -0.25) is 4.79 Å². The molecule has 2 heterocycles. The van der Waals surface area contributed by atoms with Gasteiger partial charge in [0.25, 0.3) is 5.91 Å². The second kappa shape index (κ2) is 7.51. The Morgan fingerprint density at radius 2 is 2.19 bits per heavy atom. The van der Waals surface area contributed by atoms with E-state index in [-0.39, 0.29) is 18.2 Å². The molecule has 0 spiro atoms. The largest absolute Gasteiger partial charge is 0.368 e. The molecule has 1 aromatic carbocycles. The average Bonchev–Trinajstić information content (AvgIpc) is 3.11. The molecule has 3 aromatic rings. The van der Waals surface area contributed by atoms with E-state index in [9.17, 15) is 9.18 Å². The van der Waals surface area contributed by atoms with Crippen molar-refractivity contribution in [1.29, 1.82) is 0 Å². The van der Waals surface area contributed by atoms with Crippen molar-refractivity contribution in [1.82, 2.24) is 20.3 Å². The molecule has 134 valence electrons. The van der Waals surface area contributed by atoms with Crippen LogP contribution in [0.5, 0.6) is 0 Å². The van der Waals surface area contributed by atoms with Crippen molar-refractivity contribution >= 4 is 23.5 Å². The zero-order valence-corrected chi connectivity index (χ0v) is 14.3. The number of aromatic nitrogens is 3. The molecule has 0 saturated carbocycles. The standard InChI is InChI=1S/C17H16ClFN6O/c18-12-8-23-17(21)25-15(12)10-5-13(22-7-10)16(26)24-14(6-20)9-2-1-3-11(19)4-9/h1-5,7-8,14,22H,6,20H2,(H,24,26)(H2,21,23,25). The number of rotatable bonds is 5. The maximum atomic E-state index is 13.4. The summed E-state index contributed by atoms with van der Waals surface area (Å²) < 4.78 is 13.4. The number of amides is 1. The van der Waals surface area contributed by atoms with E-state index in [1.165, 1.54) is 18.3 Å². The van der Waals surface area contributed by atoms with Gasteiger partial charge < -0.3 is 21.8 Å². The van der Waals surface area contributed by atoms with E-state index in [0.717, 1.165) is 0 Å². The van der Waals surface area contributed by atoms with Crippen LogP contribution in [0.3, 0.4) is 0 Å². The molecule has 0 aliphatic rings. The number of benzene rings is 1. The number of nitrogens with one attached hydrogen (secondary N) is 2. The minimum absolute atomic E-state index is 0.0749. The molecule has 0 radical (unpaired) electrons. The first kappa shape index (κ1) is 17.8. The fourth-order valence-corrected chi connectivity index (χ4v) is 2.68. The molecule has 6 N–H and O–H groups in total. The number of H-pyrrole nitrogens is 1. The predicted molar refractivity (Wildman–Crippen MR) is 96.9 cm³/mol. The molecule has 3 rings (SSSR count). The van der Waals surface area contributed by atoms with Crippen LogP contribution in [0.25, 0.3) is 11.3 Å². The molecule has 26 heavy (non-hydrogen) atoms. The Bertz CT molecular complexity index is 945. The minimum Gasteiger partial charge on any atom is -0.368 e. The first-order chi connectivity index (χ1) is 12.5. The van der Waals surface area contributed by atoms with Crippen LogP contribution in [0, 0.1) is 5.82 Å². The quantitative estimate of drug-likeness (QED) is 0.545. The lowest BCUT2D eigenvalue weighted by Gasteiger charge is -2.16. The van der Waals surface area contributed by atoms with Crippen LogP contribution in [-0.2, 0) is 0 Å². The van der Waals surface area contributed by atoms with E-state index < -0.39 is 17.8 Å². The lowest BCUT2D eigenvalue weighted by atomic mass is 10.1. The summed E-state index contributed by atoms with van der Waals surface area (Å²) in [6.07, 6.45) is 2.97. The Morgan fingerprint density at radius 1 is 1.38 bits per heavy atom. The van der Waals surface area contributed by atoms with Gasteiger partial charge in [0.05, 0.1) is 23.0 Å². The van der Waals surface area contributed by atoms with Crippen molar-refractivity contribution < 1.29 is 9.18 Å². The number of hydrogen-bond donors (Lipinski definition) is 4. The molecule has 7 nitrogen and oxygen atoms in total. The van der Waals surface area contributed by atoms with E-state index in [4.69, 9.17) is 23.1 Å². The fourth-order valence-electron chi connectivity index (χ4n) is 2.48. The Kier molecular flexibility index (Phi) is 5.15. The molecule has 2 aromatic heterocycles. The average molecular weight is 375 g/mol. The van der Waals surface area contributed by atoms with Gasteiger partial charge in [0.15, 0.2) is 0 Å². The Hall–Kier alpha value is -2.97. The summed E-state index contributed by atoms with van der Waals surface area (Å²) in [7, 11) is 0. The van der Waals surface area contributed by atoms with E-state index in [1.54, 1.807) is 24.4 Å². The summed E-state index contributed by atoms with van der Waals surface area (Å²) in [4.78, 5) is 23.2. The summed E-state index contributed by atoms with van der Waals surface area (Å²) in [5, 5.41) is 3.07. The van der Waals surface area contributed by atoms with Gasteiger partial charge in [-0.1, -0.05) is 23.7 Å². The second-order valence-corrected chi connectivity index (χ2v) is 5.95. The van der Waals surface area contributed by atoms with Gasteiger partial charge in [-0.15, -0.1) is 0 Å². The third-order valence-electron chi connectivity index (χ3n) is 3.76. The molecule has 1 atom stereocenters. The highest BCUT2D eigenvalue weighted by Crippen LogP contribution is 2.26. The maximum absolute atomic E-state index is 13.4. The number of anilines is 1. The van der Waals surface area contributed by atoms with Crippen molar-refractivity contribution in [3.63, 3.8) is 0 Å². The molecular formula is C17H16ClFN6O. The Labute approximate surface area is 153 Å². The number of nitrogen functional groups attached to an aromatic ring is 1. The molecule has 1 amide bonds. The highest BCUT2D eigenvalue weighted by molar-refractivity contribution is 6.32. The molecule has 0 aliphatic heterocycles. The van der Waals surface area contributed by atoms with Gasteiger partial charge in [0.2, 0.25) is 5.95 Å². The van der Waals surface area contributed by atoms with Crippen molar-refractivity contribution in [2.45, 2.75) is 6.04 Å².